The maximum atomic E-state index is 13.7. The molecular weight excluding hydrogens is 359 g/mol. The molecule has 0 aliphatic carbocycles. The van der Waals surface area contributed by atoms with Gasteiger partial charge < -0.3 is 16.0 Å². The summed E-state index contributed by atoms with van der Waals surface area (Å²) in [5.74, 6) is -0.827. The first-order valence-electron chi connectivity index (χ1n) is 8.63. The molecule has 28 heavy (non-hydrogen) atoms. The standard InChI is InChI=1S/C21H19FN4O2/c1-14(27)25-16-6-8-17(9-7-16)26-21(28)20-12-18(10-11-23-20)24-13-15-4-2-3-5-19(15)22/h2-12H,13H2,1H3,(H,23,24)(H,25,27)(H,26,28). The van der Waals surface area contributed by atoms with E-state index in [1.165, 1.54) is 19.2 Å². The number of halogens is 1. The number of nitrogens with zero attached hydrogens (tertiary/aromatic N) is 1. The van der Waals surface area contributed by atoms with Crippen LogP contribution in [0, 0.1) is 5.82 Å². The number of pyridine rings is 1. The predicted octanol–water partition coefficient (Wildman–Crippen LogP) is 4.04. The Hall–Kier alpha value is -3.74. The van der Waals surface area contributed by atoms with Crippen molar-refractivity contribution in [3.63, 3.8) is 0 Å². The van der Waals surface area contributed by atoms with Gasteiger partial charge in [-0.2, -0.15) is 0 Å². The molecule has 0 atom stereocenters. The molecule has 0 unspecified atom stereocenters. The molecule has 7 heteroatoms. The summed E-state index contributed by atoms with van der Waals surface area (Å²) in [4.78, 5) is 27.5. The molecule has 0 radical (unpaired) electrons. The van der Waals surface area contributed by atoms with Gasteiger partial charge in [0.2, 0.25) is 5.91 Å². The van der Waals surface area contributed by atoms with Crippen molar-refractivity contribution in [2.45, 2.75) is 13.5 Å². The minimum Gasteiger partial charge on any atom is -0.381 e. The Morgan fingerprint density at radius 1 is 0.929 bits per heavy atom. The number of hydrogen-bond acceptors (Lipinski definition) is 4. The molecular formula is C21H19FN4O2. The molecule has 1 aromatic heterocycles. The van der Waals surface area contributed by atoms with Gasteiger partial charge in [-0.25, -0.2) is 4.39 Å². The SMILES string of the molecule is CC(=O)Nc1ccc(NC(=O)c2cc(NCc3ccccc3F)ccn2)cc1. The van der Waals surface area contributed by atoms with Gasteiger partial charge in [-0.15, -0.1) is 0 Å². The van der Waals surface area contributed by atoms with Gasteiger partial charge >= 0.3 is 0 Å². The van der Waals surface area contributed by atoms with E-state index in [1.807, 2.05) is 0 Å². The monoisotopic (exact) mass is 378 g/mol. The van der Waals surface area contributed by atoms with Crippen LogP contribution in [-0.2, 0) is 11.3 Å². The third kappa shape index (κ3) is 5.14. The van der Waals surface area contributed by atoms with E-state index >= 15 is 0 Å². The zero-order valence-corrected chi connectivity index (χ0v) is 15.2. The van der Waals surface area contributed by atoms with E-state index in [-0.39, 0.29) is 23.3 Å². The zero-order chi connectivity index (χ0) is 19.9. The first kappa shape index (κ1) is 19.0. The van der Waals surface area contributed by atoms with Crippen LogP contribution in [0.15, 0.2) is 66.9 Å². The molecule has 0 bridgehead atoms. The molecule has 0 spiro atoms. The van der Waals surface area contributed by atoms with Crippen molar-refractivity contribution in [2.75, 3.05) is 16.0 Å². The number of carbonyl (C=O) groups excluding carboxylic acids is 2. The Morgan fingerprint density at radius 3 is 2.29 bits per heavy atom. The normalized spacial score (nSPS) is 10.2. The molecule has 2 aromatic carbocycles. The van der Waals surface area contributed by atoms with Crippen molar-refractivity contribution in [1.29, 1.82) is 0 Å². The van der Waals surface area contributed by atoms with Crippen molar-refractivity contribution >= 4 is 28.9 Å². The summed E-state index contributed by atoms with van der Waals surface area (Å²) in [6, 6.07) is 16.6. The molecule has 3 rings (SSSR count). The van der Waals surface area contributed by atoms with Gasteiger partial charge in [0, 0.05) is 42.3 Å². The van der Waals surface area contributed by atoms with E-state index in [4.69, 9.17) is 0 Å². The third-order valence-corrected chi connectivity index (χ3v) is 3.90. The van der Waals surface area contributed by atoms with E-state index in [0.717, 1.165) is 0 Å². The van der Waals surface area contributed by atoms with E-state index in [0.29, 0.717) is 29.2 Å². The molecule has 3 aromatic rings. The summed E-state index contributed by atoms with van der Waals surface area (Å²) in [6.45, 7) is 1.72. The number of rotatable bonds is 6. The van der Waals surface area contributed by atoms with Gasteiger partial charge in [0.05, 0.1) is 0 Å². The lowest BCUT2D eigenvalue weighted by atomic mass is 10.2. The largest absolute Gasteiger partial charge is 0.381 e. The molecule has 0 saturated carbocycles. The van der Waals surface area contributed by atoms with Gasteiger partial charge in [0.15, 0.2) is 0 Å². The third-order valence-electron chi connectivity index (χ3n) is 3.90. The fourth-order valence-corrected chi connectivity index (χ4v) is 2.54. The molecule has 0 aliphatic rings. The number of benzene rings is 2. The van der Waals surface area contributed by atoms with Crippen molar-refractivity contribution in [1.82, 2.24) is 4.98 Å². The number of amides is 2. The average molecular weight is 378 g/mol. The topological polar surface area (TPSA) is 83.1 Å². The number of hydrogen-bond donors (Lipinski definition) is 3. The quantitative estimate of drug-likeness (QED) is 0.604. The molecule has 2 amide bonds. The molecule has 0 saturated heterocycles. The summed E-state index contributed by atoms with van der Waals surface area (Å²) in [7, 11) is 0. The van der Waals surface area contributed by atoms with Gasteiger partial charge in [-0.3, -0.25) is 14.6 Å². The van der Waals surface area contributed by atoms with Crippen LogP contribution in [0.5, 0.6) is 0 Å². The Kier molecular flexibility index (Phi) is 5.96. The van der Waals surface area contributed by atoms with Gasteiger partial charge in [-0.1, -0.05) is 18.2 Å². The number of aromatic nitrogens is 1. The van der Waals surface area contributed by atoms with Crippen LogP contribution in [0.4, 0.5) is 21.5 Å². The second-order valence-electron chi connectivity index (χ2n) is 6.09. The lowest BCUT2D eigenvalue weighted by molar-refractivity contribution is -0.114. The van der Waals surface area contributed by atoms with E-state index in [9.17, 15) is 14.0 Å². The van der Waals surface area contributed by atoms with Crippen LogP contribution < -0.4 is 16.0 Å². The Balaban J connectivity index is 1.63. The summed E-state index contributed by atoms with van der Waals surface area (Å²) in [6.07, 6.45) is 1.51. The smallest absolute Gasteiger partial charge is 0.274 e. The maximum absolute atomic E-state index is 13.7. The molecule has 1 heterocycles. The minimum atomic E-state index is -0.373. The molecule has 0 fully saturated rings. The first-order valence-corrected chi connectivity index (χ1v) is 8.63. The fraction of sp³-hybridized carbons (Fsp3) is 0.0952. The van der Waals surface area contributed by atoms with Gasteiger partial charge in [0.1, 0.15) is 11.5 Å². The summed E-state index contributed by atoms with van der Waals surface area (Å²) < 4.78 is 13.7. The van der Waals surface area contributed by atoms with Gasteiger partial charge in [-0.05, 0) is 42.5 Å². The molecule has 3 N–H and O–H groups in total. The lowest BCUT2D eigenvalue weighted by Crippen LogP contribution is -2.14. The van der Waals surface area contributed by atoms with Crippen LogP contribution >= 0.6 is 0 Å². The van der Waals surface area contributed by atoms with Crippen LogP contribution in [0.25, 0.3) is 0 Å². The highest BCUT2D eigenvalue weighted by Crippen LogP contribution is 2.16. The lowest BCUT2D eigenvalue weighted by Gasteiger charge is -2.10. The van der Waals surface area contributed by atoms with E-state index < -0.39 is 0 Å². The Bertz CT molecular complexity index is 990. The summed E-state index contributed by atoms with van der Waals surface area (Å²) in [5.41, 5.74) is 2.63. The highest BCUT2D eigenvalue weighted by Gasteiger charge is 2.09. The summed E-state index contributed by atoms with van der Waals surface area (Å²) >= 11 is 0. The van der Waals surface area contributed by atoms with Crippen molar-refractivity contribution < 1.29 is 14.0 Å². The predicted molar refractivity (Wildman–Crippen MR) is 107 cm³/mol. The zero-order valence-electron chi connectivity index (χ0n) is 15.2. The van der Waals surface area contributed by atoms with Crippen LogP contribution in [0.1, 0.15) is 23.0 Å². The molecule has 0 aliphatic heterocycles. The number of nitrogens with one attached hydrogen (secondary N) is 3. The fourth-order valence-electron chi connectivity index (χ4n) is 2.54. The number of anilines is 3. The maximum Gasteiger partial charge on any atom is 0.274 e. The molecule has 6 nitrogen and oxygen atoms in total. The summed E-state index contributed by atoms with van der Waals surface area (Å²) in [5, 5.41) is 8.49. The highest BCUT2D eigenvalue weighted by atomic mass is 19.1. The van der Waals surface area contributed by atoms with Crippen LogP contribution in [0.3, 0.4) is 0 Å². The van der Waals surface area contributed by atoms with E-state index in [1.54, 1.807) is 54.6 Å². The second kappa shape index (κ2) is 8.77. The highest BCUT2D eigenvalue weighted by molar-refractivity contribution is 6.03. The number of carbonyl (C=O) groups is 2. The van der Waals surface area contributed by atoms with Crippen molar-refractivity contribution in [3.05, 3.63) is 83.9 Å². The van der Waals surface area contributed by atoms with Gasteiger partial charge in [0.25, 0.3) is 5.91 Å². The molecule has 142 valence electrons. The van der Waals surface area contributed by atoms with E-state index in [2.05, 4.69) is 20.9 Å². The Morgan fingerprint density at radius 2 is 1.61 bits per heavy atom. The minimum absolute atomic E-state index is 0.166. The van der Waals surface area contributed by atoms with Crippen LogP contribution in [-0.4, -0.2) is 16.8 Å². The van der Waals surface area contributed by atoms with Crippen molar-refractivity contribution in [2.24, 2.45) is 0 Å². The van der Waals surface area contributed by atoms with Crippen molar-refractivity contribution in [3.8, 4) is 0 Å². The average Bonchev–Trinajstić information content (AvgIpc) is 2.69. The first-order chi connectivity index (χ1) is 13.5. The Labute approximate surface area is 161 Å². The second-order valence-corrected chi connectivity index (χ2v) is 6.09. The van der Waals surface area contributed by atoms with Crippen LogP contribution in [0.2, 0.25) is 0 Å².